The number of aromatic nitrogens is 2. The zero-order valence-electron chi connectivity index (χ0n) is 6.87. The van der Waals surface area contributed by atoms with Crippen molar-refractivity contribution in [3.63, 3.8) is 0 Å². The van der Waals surface area contributed by atoms with Crippen LogP contribution in [0.5, 0.6) is 0 Å². The first-order valence-corrected chi connectivity index (χ1v) is 4.51. The minimum absolute atomic E-state index is 0.0135. The fraction of sp³-hybridized carbons (Fsp3) is 0. The summed E-state index contributed by atoms with van der Waals surface area (Å²) in [5.41, 5.74) is 5.90. The van der Waals surface area contributed by atoms with Crippen molar-refractivity contribution in [3.8, 4) is 11.4 Å². The van der Waals surface area contributed by atoms with Crippen LogP contribution in [0.15, 0.2) is 27.2 Å². The monoisotopic (exact) mass is 257 g/mol. The molecule has 6 heteroatoms. The molecule has 0 amide bonds. The standard InChI is InChI=1S/C8H5BrFN3O/c9-5-3-4(1-2-6(5)10)7-12-8(11)14-13-7/h1-3H,(H2,11,12,13). The molecule has 72 valence electrons. The maximum Gasteiger partial charge on any atom is 0.319 e. The van der Waals surface area contributed by atoms with Gasteiger partial charge in [-0.25, -0.2) is 4.39 Å². The molecule has 0 radical (unpaired) electrons. The molecule has 0 bridgehead atoms. The molecule has 0 aliphatic heterocycles. The Bertz CT molecular complexity index is 471. The summed E-state index contributed by atoms with van der Waals surface area (Å²) in [5, 5.41) is 3.60. The molecule has 0 atom stereocenters. The van der Waals surface area contributed by atoms with Crippen LogP contribution >= 0.6 is 15.9 Å². The Morgan fingerprint density at radius 1 is 1.43 bits per heavy atom. The highest BCUT2D eigenvalue weighted by atomic mass is 79.9. The molecule has 1 heterocycles. The lowest BCUT2D eigenvalue weighted by molar-refractivity contribution is 0.437. The van der Waals surface area contributed by atoms with Crippen LogP contribution in [-0.2, 0) is 0 Å². The molecule has 0 aliphatic rings. The summed E-state index contributed by atoms with van der Waals surface area (Å²) in [6.45, 7) is 0. The summed E-state index contributed by atoms with van der Waals surface area (Å²) in [6.07, 6.45) is 0. The summed E-state index contributed by atoms with van der Waals surface area (Å²) in [5.74, 6) is -0.00610. The lowest BCUT2D eigenvalue weighted by Crippen LogP contribution is -1.85. The van der Waals surface area contributed by atoms with Gasteiger partial charge in [-0.05, 0) is 34.1 Å². The average molecular weight is 258 g/mol. The zero-order valence-corrected chi connectivity index (χ0v) is 8.45. The van der Waals surface area contributed by atoms with Crippen LogP contribution < -0.4 is 5.73 Å². The second-order valence-electron chi connectivity index (χ2n) is 2.59. The highest BCUT2D eigenvalue weighted by Gasteiger charge is 2.08. The Morgan fingerprint density at radius 3 is 2.79 bits per heavy atom. The van der Waals surface area contributed by atoms with E-state index in [2.05, 4.69) is 30.6 Å². The van der Waals surface area contributed by atoms with Crippen LogP contribution in [0.1, 0.15) is 0 Å². The van der Waals surface area contributed by atoms with Gasteiger partial charge in [0.2, 0.25) is 5.82 Å². The van der Waals surface area contributed by atoms with Gasteiger partial charge in [-0.3, -0.25) is 0 Å². The van der Waals surface area contributed by atoms with Gasteiger partial charge < -0.3 is 10.3 Å². The molecule has 1 aromatic carbocycles. The van der Waals surface area contributed by atoms with Crippen LogP contribution in [0, 0.1) is 5.82 Å². The molecule has 14 heavy (non-hydrogen) atoms. The minimum Gasteiger partial charge on any atom is -0.351 e. The third-order valence-electron chi connectivity index (χ3n) is 1.62. The lowest BCUT2D eigenvalue weighted by atomic mass is 10.2. The molecule has 0 spiro atoms. The van der Waals surface area contributed by atoms with Gasteiger partial charge in [-0.2, -0.15) is 4.98 Å². The molecule has 0 saturated heterocycles. The van der Waals surface area contributed by atoms with E-state index in [1.807, 2.05) is 0 Å². The average Bonchev–Trinajstić information content (AvgIpc) is 2.57. The maximum atomic E-state index is 12.9. The largest absolute Gasteiger partial charge is 0.351 e. The zero-order chi connectivity index (χ0) is 10.1. The van der Waals surface area contributed by atoms with E-state index < -0.39 is 0 Å². The third-order valence-corrected chi connectivity index (χ3v) is 2.23. The van der Waals surface area contributed by atoms with Crippen molar-refractivity contribution < 1.29 is 8.91 Å². The molecule has 4 nitrogen and oxygen atoms in total. The van der Waals surface area contributed by atoms with Crippen molar-refractivity contribution >= 4 is 21.9 Å². The molecule has 0 fully saturated rings. The number of anilines is 1. The van der Waals surface area contributed by atoms with Crippen molar-refractivity contribution in [1.82, 2.24) is 10.1 Å². The predicted octanol–water partition coefficient (Wildman–Crippen LogP) is 2.22. The van der Waals surface area contributed by atoms with Crippen molar-refractivity contribution in [2.24, 2.45) is 0 Å². The van der Waals surface area contributed by atoms with E-state index in [0.29, 0.717) is 15.9 Å². The smallest absolute Gasteiger partial charge is 0.319 e. The van der Waals surface area contributed by atoms with Gasteiger partial charge in [-0.15, -0.1) is 0 Å². The number of nitrogens with zero attached hydrogens (tertiary/aromatic N) is 2. The Labute approximate surface area is 87.0 Å². The van der Waals surface area contributed by atoms with Gasteiger partial charge in [-0.1, -0.05) is 5.16 Å². The van der Waals surface area contributed by atoms with Gasteiger partial charge in [0.15, 0.2) is 0 Å². The second kappa shape index (κ2) is 3.38. The number of hydrogen-bond donors (Lipinski definition) is 1. The molecule has 2 aromatic rings. The topological polar surface area (TPSA) is 64.9 Å². The number of rotatable bonds is 1. The van der Waals surface area contributed by atoms with Gasteiger partial charge in [0.1, 0.15) is 5.82 Å². The fourth-order valence-corrected chi connectivity index (χ4v) is 1.37. The van der Waals surface area contributed by atoms with Crippen LogP contribution in [0.2, 0.25) is 0 Å². The Hall–Kier alpha value is -1.43. The lowest BCUT2D eigenvalue weighted by Gasteiger charge is -1.96. The van der Waals surface area contributed by atoms with Crippen molar-refractivity contribution in [3.05, 3.63) is 28.5 Å². The van der Waals surface area contributed by atoms with Crippen LogP contribution in [0.25, 0.3) is 11.4 Å². The summed E-state index contributed by atoms with van der Waals surface area (Å²) < 4.78 is 17.8. The molecule has 1 aromatic heterocycles. The minimum atomic E-state index is -0.342. The van der Waals surface area contributed by atoms with Crippen molar-refractivity contribution in [1.29, 1.82) is 0 Å². The number of hydrogen-bond acceptors (Lipinski definition) is 4. The predicted molar refractivity (Wildman–Crippen MR) is 51.8 cm³/mol. The van der Waals surface area contributed by atoms with Crippen LogP contribution in [0.4, 0.5) is 10.4 Å². The van der Waals surface area contributed by atoms with Crippen molar-refractivity contribution in [2.75, 3.05) is 5.73 Å². The van der Waals surface area contributed by atoms with E-state index in [9.17, 15) is 4.39 Å². The quantitative estimate of drug-likeness (QED) is 0.851. The maximum absolute atomic E-state index is 12.9. The van der Waals surface area contributed by atoms with E-state index in [1.165, 1.54) is 6.07 Å². The van der Waals surface area contributed by atoms with E-state index >= 15 is 0 Å². The Morgan fingerprint density at radius 2 is 2.21 bits per heavy atom. The Balaban J connectivity index is 2.47. The second-order valence-corrected chi connectivity index (χ2v) is 3.44. The van der Waals surface area contributed by atoms with E-state index in [-0.39, 0.29) is 11.8 Å². The SMILES string of the molecule is Nc1nc(-c2ccc(F)c(Br)c2)no1. The third kappa shape index (κ3) is 1.60. The van der Waals surface area contributed by atoms with E-state index in [0.717, 1.165) is 0 Å². The van der Waals surface area contributed by atoms with Gasteiger partial charge in [0.05, 0.1) is 4.47 Å². The number of nitrogen functional groups attached to an aromatic ring is 1. The first-order valence-electron chi connectivity index (χ1n) is 3.71. The number of benzene rings is 1. The molecule has 0 aliphatic carbocycles. The highest BCUT2D eigenvalue weighted by molar-refractivity contribution is 9.10. The number of nitrogens with two attached hydrogens (primary N) is 1. The normalized spacial score (nSPS) is 10.4. The summed E-state index contributed by atoms with van der Waals surface area (Å²) in [4.78, 5) is 3.81. The number of halogens is 2. The molecular weight excluding hydrogens is 253 g/mol. The van der Waals surface area contributed by atoms with E-state index in [4.69, 9.17) is 5.73 Å². The summed E-state index contributed by atoms with van der Waals surface area (Å²) in [6, 6.07) is 4.40. The Kier molecular flexibility index (Phi) is 2.20. The van der Waals surface area contributed by atoms with E-state index in [1.54, 1.807) is 12.1 Å². The molecule has 2 rings (SSSR count). The van der Waals surface area contributed by atoms with Crippen molar-refractivity contribution in [2.45, 2.75) is 0 Å². The molecule has 0 unspecified atom stereocenters. The summed E-state index contributed by atoms with van der Waals surface area (Å²) >= 11 is 3.06. The first kappa shape index (κ1) is 9.14. The van der Waals surface area contributed by atoms with Crippen LogP contribution in [-0.4, -0.2) is 10.1 Å². The van der Waals surface area contributed by atoms with Gasteiger partial charge in [0.25, 0.3) is 0 Å². The van der Waals surface area contributed by atoms with Crippen LogP contribution in [0.3, 0.4) is 0 Å². The summed E-state index contributed by atoms with van der Waals surface area (Å²) in [7, 11) is 0. The highest BCUT2D eigenvalue weighted by Crippen LogP contribution is 2.23. The van der Waals surface area contributed by atoms with Gasteiger partial charge in [0, 0.05) is 5.56 Å². The first-order chi connectivity index (χ1) is 6.66. The molecule has 2 N–H and O–H groups in total. The molecular formula is C8H5BrFN3O. The molecule has 0 saturated carbocycles. The fourth-order valence-electron chi connectivity index (χ4n) is 0.988. The van der Waals surface area contributed by atoms with Gasteiger partial charge >= 0.3 is 6.01 Å².